The van der Waals surface area contributed by atoms with Crippen LogP contribution in [0.2, 0.25) is 0 Å². The van der Waals surface area contributed by atoms with Crippen LogP contribution in [0, 0.1) is 19.9 Å². The Bertz CT molecular complexity index is 1020. The number of fused-ring (bicyclic) bond motifs is 1. The Balaban J connectivity index is 0.000000529. The van der Waals surface area contributed by atoms with Gasteiger partial charge < -0.3 is 0 Å². The van der Waals surface area contributed by atoms with E-state index in [9.17, 15) is 22.8 Å². The molecule has 0 aliphatic rings. The van der Waals surface area contributed by atoms with Gasteiger partial charge >= 0.3 is 26.0 Å². The van der Waals surface area contributed by atoms with Gasteiger partial charge in [-0.1, -0.05) is 26.0 Å². The van der Waals surface area contributed by atoms with Gasteiger partial charge in [0.2, 0.25) is 0 Å². The van der Waals surface area contributed by atoms with Crippen molar-refractivity contribution in [1.82, 2.24) is 9.97 Å². The van der Waals surface area contributed by atoms with Crippen molar-refractivity contribution in [2.24, 2.45) is 0 Å². The van der Waals surface area contributed by atoms with Gasteiger partial charge in [0.25, 0.3) is 0 Å². The summed E-state index contributed by atoms with van der Waals surface area (Å²) >= 11 is 0. The van der Waals surface area contributed by atoms with Gasteiger partial charge in [0.1, 0.15) is 6.33 Å². The molecule has 153 valence electrons. The van der Waals surface area contributed by atoms with Crippen LogP contribution in [0.25, 0.3) is 22.2 Å². The number of benzene rings is 2. The van der Waals surface area contributed by atoms with E-state index in [2.05, 4.69) is 16.0 Å². The molecule has 0 unspecified atom stereocenters. The Kier molecular flexibility index (Phi) is 8.34. The number of carbonyl (C=O) groups excluding carboxylic acids is 2. The molecular weight excluding hydrogens is 559 g/mol. The molecule has 29 heavy (non-hydrogen) atoms. The Morgan fingerprint density at radius 1 is 1.00 bits per heavy atom. The van der Waals surface area contributed by atoms with Crippen LogP contribution in [0.15, 0.2) is 36.7 Å². The van der Waals surface area contributed by atoms with Crippen molar-refractivity contribution in [3.63, 3.8) is 0 Å². The number of alkyl halides is 3. The van der Waals surface area contributed by atoms with Crippen molar-refractivity contribution in [1.29, 1.82) is 0 Å². The third-order valence-corrected chi connectivity index (χ3v) is 3.87. The van der Waals surface area contributed by atoms with Crippen LogP contribution in [0.5, 0.6) is 0 Å². The number of para-hydroxylation sites is 1. The maximum atomic E-state index is 13.1. The molecule has 0 bridgehead atoms. The Labute approximate surface area is 179 Å². The number of ketones is 2. The number of hydrogen-bond donors (Lipinski definition) is 0. The molecule has 8 heteroatoms. The smallest absolute Gasteiger partial charge is 0.291 e. The summed E-state index contributed by atoms with van der Waals surface area (Å²) < 4.78 is 39.3. The fourth-order valence-electron chi connectivity index (χ4n) is 2.55. The molecule has 1 radical (unpaired) electrons. The van der Waals surface area contributed by atoms with Gasteiger partial charge in [0.05, 0.1) is 11.1 Å². The summed E-state index contributed by atoms with van der Waals surface area (Å²) in [5.41, 5.74) is 2.21. The fourth-order valence-corrected chi connectivity index (χ4v) is 2.55. The summed E-state index contributed by atoms with van der Waals surface area (Å²) in [5, 5.41) is 0.374. The van der Waals surface area contributed by atoms with E-state index in [4.69, 9.17) is 0 Å². The standard InChI is InChI=1S/C17H12F3N2.C4H6O2.Os/c1-10-6-11(2)8-12(7-10)15-13-4-3-5-14(17(18,19)20)16(13)22-9-21-15;1-3(5)4(2)6;/h3-7,9H,1-2H3;1-2H3;/q-1;;+1. The average Bonchev–Trinajstić information content (AvgIpc) is 2.59. The first kappa shape index (κ1) is 24.6. The van der Waals surface area contributed by atoms with Crippen molar-refractivity contribution in [2.75, 3.05) is 0 Å². The van der Waals surface area contributed by atoms with Crippen molar-refractivity contribution in [3.05, 3.63) is 59.4 Å². The first-order valence-electron chi connectivity index (χ1n) is 8.34. The van der Waals surface area contributed by atoms with E-state index in [1.807, 2.05) is 26.0 Å². The Hall–Kier alpha value is -2.45. The summed E-state index contributed by atoms with van der Waals surface area (Å²) in [5.74, 6) is -0.759. The van der Waals surface area contributed by atoms with E-state index in [1.54, 1.807) is 6.07 Å². The van der Waals surface area contributed by atoms with Gasteiger partial charge in [-0.05, 0) is 17.1 Å². The molecular formula is C21H18F3N2O2Os. The fraction of sp³-hybridized carbons (Fsp3) is 0.238. The number of rotatable bonds is 2. The van der Waals surface area contributed by atoms with Gasteiger partial charge in [0.15, 0.2) is 11.6 Å². The summed E-state index contributed by atoms with van der Waals surface area (Å²) in [7, 11) is 0. The normalized spacial score (nSPS) is 10.6. The molecule has 1 heterocycles. The van der Waals surface area contributed by atoms with Crippen molar-refractivity contribution in [2.45, 2.75) is 33.9 Å². The maximum absolute atomic E-state index is 13.1. The largest absolute Gasteiger partial charge is 1.00 e. The summed E-state index contributed by atoms with van der Waals surface area (Å²) in [6, 6.07) is 11.0. The zero-order chi connectivity index (χ0) is 21.1. The Morgan fingerprint density at radius 2 is 1.62 bits per heavy atom. The van der Waals surface area contributed by atoms with Crippen molar-refractivity contribution < 1.29 is 42.6 Å². The molecule has 0 fully saturated rings. The van der Waals surface area contributed by atoms with E-state index in [0.717, 1.165) is 17.2 Å². The second-order valence-electron chi connectivity index (χ2n) is 6.29. The number of aryl methyl sites for hydroxylation is 2. The molecule has 0 saturated heterocycles. The molecule has 0 atom stereocenters. The molecule has 1 aromatic heterocycles. The minimum absolute atomic E-state index is 0. The molecule has 0 saturated carbocycles. The molecule has 4 nitrogen and oxygen atoms in total. The van der Waals surface area contributed by atoms with Gasteiger partial charge in [-0.2, -0.15) is 13.2 Å². The maximum Gasteiger partial charge on any atom is 1.00 e. The average molecular weight is 578 g/mol. The zero-order valence-electron chi connectivity index (χ0n) is 16.2. The number of halogens is 3. The quantitative estimate of drug-likeness (QED) is 0.322. The number of Topliss-reactive ketones (excluding diaryl/α,β-unsaturated/α-hetero) is 2. The van der Waals surface area contributed by atoms with Gasteiger partial charge in [-0.3, -0.25) is 14.6 Å². The summed E-state index contributed by atoms with van der Waals surface area (Å²) in [6.07, 6.45) is -3.28. The second kappa shape index (κ2) is 9.84. The van der Waals surface area contributed by atoms with E-state index in [-0.39, 0.29) is 36.9 Å². The number of carbonyl (C=O) groups is 2. The third kappa shape index (κ3) is 6.27. The van der Waals surface area contributed by atoms with Crippen LogP contribution in [0.1, 0.15) is 30.5 Å². The van der Waals surface area contributed by atoms with Crippen LogP contribution >= 0.6 is 0 Å². The van der Waals surface area contributed by atoms with E-state index in [1.165, 1.54) is 26.2 Å². The van der Waals surface area contributed by atoms with Gasteiger partial charge in [-0.15, -0.1) is 34.9 Å². The van der Waals surface area contributed by atoms with Gasteiger partial charge in [-0.25, -0.2) is 4.98 Å². The molecule has 3 aromatic rings. The van der Waals surface area contributed by atoms with Crippen molar-refractivity contribution >= 4 is 22.5 Å². The minimum Gasteiger partial charge on any atom is -0.291 e. The molecule has 0 aliphatic heterocycles. The summed E-state index contributed by atoms with van der Waals surface area (Å²) in [4.78, 5) is 27.6. The third-order valence-electron chi connectivity index (χ3n) is 3.87. The van der Waals surface area contributed by atoms with E-state index in [0.29, 0.717) is 16.6 Å². The molecule has 0 aliphatic carbocycles. The first-order valence-corrected chi connectivity index (χ1v) is 8.34. The number of nitrogens with zero attached hydrogens (tertiary/aromatic N) is 2. The van der Waals surface area contributed by atoms with Crippen LogP contribution in [-0.2, 0) is 35.6 Å². The molecule has 2 aromatic carbocycles. The predicted molar refractivity (Wildman–Crippen MR) is 99.6 cm³/mol. The molecule has 3 rings (SSSR count). The number of aromatic nitrogens is 2. The van der Waals surface area contributed by atoms with Crippen LogP contribution in [-0.4, -0.2) is 21.5 Å². The molecule has 0 spiro atoms. The SMILES string of the molecule is CC(=O)C(C)=O.Cc1[c-]c(-c2ncnc3c(C(F)(F)F)cccc23)cc(C)c1.[Os+]. The monoisotopic (exact) mass is 579 g/mol. The van der Waals surface area contributed by atoms with Gasteiger partial charge in [0, 0.05) is 13.8 Å². The molecule has 0 amide bonds. The first-order chi connectivity index (χ1) is 13.0. The van der Waals surface area contributed by atoms with Crippen molar-refractivity contribution in [3.8, 4) is 11.3 Å². The van der Waals surface area contributed by atoms with E-state index < -0.39 is 11.7 Å². The summed E-state index contributed by atoms with van der Waals surface area (Å²) in [6.45, 7) is 6.32. The van der Waals surface area contributed by atoms with Crippen LogP contribution in [0.4, 0.5) is 13.2 Å². The van der Waals surface area contributed by atoms with E-state index >= 15 is 0 Å². The zero-order valence-corrected chi connectivity index (χ0v) is 18.7. The topological polar surface area (TPSA) is 59.9 Å². The minimum atomic E-state index is -4.45. The molecule has 0 N–H and O–H groups in total. The Morgan fingerprint density at radius 3 is 2.14 bits per heavy atom. The number of hydrogen-bond acceptors (Lipinski definition) is 4. The van der Waals surface area contributed by atoms with Crippen LogP contribution < -0.4 is 0 Å². The second-order valence-corrected chi connectivity index (χ2v) is 6.29. The van der Waals surface area contributed by atoms with Crippen LogP contribution in [0.3, 0.4) is 0 Å². The predicted octanol–water partition coefficient (Wildman–Crippen LogP) is 4.89.